The van der Waals surface area contributed by atoms with Crippen LogP contribution in [-0.4, -0.2) is 47.5 Å². The molecule has 26 heavy (non-hydrogen) atoms. The first-order valence-electron chi connectivity index (χ1n) is 9.20. The van der Waals surface area contributed by atoms with Gasteiger partial charge in [-0.3, -0.25) is 9.59 Å². The summed E-state index contributed by atoms with van der Waals surface area (Å²) in [4.78, 5) is 39.2. The molecule has 1 aliphatic carbocycles. The molecule has 1 heterocycles. The molecule has 2 N–H and O–H groups in total. The lowest BCUT2D eigenvalue weighted by atomic mass is 9.85. The highest BCUT2D eigenvalue weighted by molar-refractivity contribution is 5.96. The van der Waals surface area contributed by atoms with Crippen LogP contribution in [0.4, 0.5) is 10.5 Å². The van der Waals surface area contributed by atoms with E-state index in [0.717, 1.165) is 25.7 Å². The zero-order valence-corrected chi connectivity index (χ0v) is 14.9. The van der Waals surface area contributed by atoms with Gasteiger partial charge in [-0.2, -0.15) is 0 Å². The highest BCUT2D eigenvalue weighted by atomic mass is 16.5. The average Bonchev–Trinajstić information content (AvgIpc) is 2.63. The maximum Gasteiger partial charge on any atom is 0.322 e. The van der Waals surface area contributed by atoms with Gasteiger partial charge in [0.15, 0.2) is 0 Å². The number of anilines is 1. The molecule has 0 spiro atoms. The Bertz CT molecular complexity index is 664. The topological polar surface area (TPSA) is 87.7 Å². The number of ether oxygens (including phenoxy) is 1. The smallest absolute Gasteiger partial charge is 0.322 e. The van der Waals surface area contributed by atoms with Gasteiger partial charge in [-0.25, -0.2) is 4.79 Å². The Morgan fingerprint density at radius 2 is 1.96 bits per heavy atom. The van der Waals surface area contributed by atoms with E-state index in [9.17, 15) is 14.4 Å². The van der Waals surface area contributed by atoms with Crippen LogP contribution < -0.4 is 10.6 Å². The van der Waals surface area contributed by atoms with E-state index in [0.29, 0.717) is 5.69 Å². The second kappa shape index (κ2) is 8.21. The Labute approximate surface area is 153 Å². The number of fused-ring (bicyclic) bond motifs is 1. The van der Waals surface area contributed by atoms with Gasteiger partial charge in [0.2, 0.25) is 5.91 Å². The predicted molar refractivity (Wildman–Crippen MR) is 96.5 cm³/mol. The molecule has 1 saturated heterocycles. The van der Waals surface area contributed by atoms with Crippen molar-refractivity contribution in [3.63, 3.8) is 0 Å². The number of hydrogen-bond donors (Lipinski definition) is 2. The molecule has 3 amide bonds. The summed E-state index contributed by atoms with van der Waals surface area (Å²) in [6.45, 7) is 1.96. The monoisotopic (exact) mass is 359 g/mol. The van der Waals surface area contributed by atoms with Crippen LogP contribution in [0.3, 0.4) is 0 Å². The van der Waals surface area contributed by atoms with Crippen molar-refractivity contribution in [3.8, 4) is 0 Å². The van der Waals surface area contributed by atoms with E-state index in [-0.39, 0.29) is 37.0 Å². The molecule has 1 saturated carbocycles. The Morgan fingerprint density at radius 3 is 2.69 bits per heavy atom. The maximum absolute atomic E-state index is 13.0. The molecule has 3 rings (SSSR count). The largest absolute Gasteiger partial charge is 0.466 e. The molecule has 0 bridgehead atoms. The molecule has 0 radical (unpaired) electrons. The number of carbonyl (C=O) groups excluding carboxylic acids is 3. The summed E-state index contributed by atoms with van der Waals surface area (Å²) in [5.74, 6) is -0.760. The number of carbonyl (C=O) groups is 3. The molecule has 2 aliphatic rings. The molecule has 0 aromatic heterocycles. The van der Waals surface area contributed by atoms with Crippen LogP contribution >= 0.6 is 0 Å². The Balaban J connectivity index is 1.83. The molecule has 1 aliphatic heterocycles. The third-order valence-electron chi connectivity index (χ3n) is 4.98. The number of para-hydroxylation sites is 1. The van der Waals surface area contributed by atoms with Gasteiger partial charge in [-0.05, 0) is 31.9 Å². The first-order valence-corrected chi connectivity index (χ1v) is 9.20. The molecule has 3 atom stereocenters. The van der Waals surface area contributed by atoms with Crippen LogP contribution in [-0.2, 0) is 14.3 Å². The maximum atomic E-state index is 13.0. The van der Waals surface area contributed by atoms with E-state index < -0.39 is 12.0 Å². The van der Waals surface area contributed by atoms with Crippen molar-refractivity contribution in [3.05, 3.63) is 30.3 Å². The van der Waals surface area contributed by atoms with Crippen molar-refractivity contribution in [2.45, 2.75) is 57.2 Å². The molecule has 2 fully saturated rings. The fourth-order valence-electron chi connectivity index (χ4n) is 3.82. The second-order valence-corrected chi connectivity index (χ2v) is 6.70. The minimum atomic E-state index is -0.850. The van der Waals surface area contributed by atoms with Gasteiger partial charge in [0, 0.05) is 11.7 Å². The van der Waals surface area contributed by atoms with Gasteiger partial charge in [0.05, 0.1) is 19.1 Å². The minimum absolute atomic E-state index is 0.0591. The number of nitrogens with one attached hydrogen (secondary N) is 2. The van der Waals surface area contributed by atoms with Crippen LogP contribution in [0.1, 0.15) is 39.0 Å². The number of benzene rings is 1. The van der Waals surface area contributed by atoms with Crippen molar-refractivity contribution in [2.75, 3.05) is 11.9 Å². The Morgan fingerprint density at radius 1 is 1.23 bits per heavy atom. The van der Waals surface area contributed by atoms with Gasteiger partial charge >= 0.3 is 12.0 Å². The second-order valence-electron chi connectivity index (χ2n) is 6.70. The van der Waals surface area contributed by atoms with Crippen molar-refractivity contribution < 1.29 is 19.1 Å². The van der Waals surface area contributed by atoms with Crippen molar-refractivity contribution >= 4 is 23.6 Å². The summed E-state index contributed by atoms with van der Waals surface area (Å²) in [6.07, 6.45) is 3.55. The molecule has 140 valence electrons. The highest BCUT2D eigenvalue weighted by Crippen LogP contribution is 2.30. The standard InChI is InChI=1S/C19H25N3O4/c1-2-26-17(23)12-16-18(24)21-14-10-6-7-11-15(14)22(16)19(25)20-13-8-4-3-5-9-13/h3-5,8-9,14-16H,2,6-7,10-12H2,1H3,(H,20,25)(H,21,24)/t14-,15+,16+/m1/s1. The van der Waals surface area contributed by atoms with Crippen molar-refractivity contribution in [1.29, 1.82) is 0 Å². The zero-order chi connectivity index (χ0) is 18.5. The van der Waals surface area contributed by atoms with Crippen LogP contribution in [0.2, 0.25) is 0 Å². The molecule has 1 aromatic rings. The SMILES string of the molecule is CCOC(=O)C[C@H]1C(=O)N[C@@H]2CCCC[C@@H]2N1C(=O)Nc1ccccc1. The molecule has 7 nitrogen and oxygen atoms in total. The van der Waals surface area contributed by atoms with E-state index in [2.05, 4.69) is 10.6 Å². The van der Waals surface area contributed by atoms with E-state index >= 15 is 0 Å². The Kier molecular flexibility index (Phi) is 5.75. The fraction of sp³-hybridized carbons (Fsp3) is 0.526. The fourth-order valence-corrected chi connectivity index (χ4v) is 3.82. The molecular formula is C19H25N3O4. The number of amides is 3. The lowest BCUT2D eigenvalue weighted by Gasteiger charge is -2.47. The summed E-state index contributed by atoms with van der Waals surface area (Å²) in [5.41, 5.74) is 0.658. The number of nitrogens with zero attached hydrogens (tertiary/aromatic N) is 1. The number of piperazine rings is 1. The summed E-state index contributed by atoms with van der Waals surface area (Å²) in [5, 5.41) is 5.85. The van der Waals surface area contributed by atoms with E-state index in [1.165, 1.54) is 0 Å². The van der Waals surface area contributed by atoms with Crippen LogP contribution in [0.15, 0.2) is 30.3 Å². The van der Waals surface area contributed by atoms with E-state index in [1.807, 2.05) is 18.2 Å². The summed E-state index contributed by atoms with van der Waals surface area (Å²) < 4.78 is 5.00. The number of hydrogen-bond acceptors (Lipinski definition) is 4. The molecule has 7 heteroatoms. The van der Waals surface area contributed by atoms with Crippen LogP contribution in [0, 0.1) is 0 Å². The summed E-state index contributed by atoms with van der Waals surface area (Å²) >= 11 is 0. The normalized spacial score (nSPS) is 25.0. The van der Waals surface area contributed by atoms with Crippen molar-refractivity contribution in [1.82, 2.24) is 10.2 Å². The zero-order valence-electron chi connectivity index (χ0n) is 14.9. The molecule has 1 aromatic carbocycles. The number of rotatable bonds is 4. The average molecular weight is 359 g/mol. The number of urea groups is 1. The molecular weight excluding hydrogens is 334 g/mol. The van der Waals surface area contributed by atoms with Gasteiger partial charge in [-0.1, -0.05) is 31.0 Å². The first-order chi connectivity index (χ1) is 12.6. The quantitative estimate of drug-likeness (QED) is 0.808. The lowest BCUT2D eigenvalue weighted by molar-refractivity contribution is -0.148. The lowest BCUT2D eigenvalue weighted by Crippen LogP contribution is -2.68. The van der Waals surface area contributed by atoms with Gasteiger partial charge in [0.1, 0.15) is 6.04 Å². The minimum Gasteiger partial charge on any atom is -0.466 e. The van der Waals surface area contributed by atoms with Crippen LogP contribution in [0.25, 0.3) is 0 Å². The predicted octanol–water partition coefficient (Wildman–Crippen LogP) is 2.28. The van der Waals surface area contributed by atoms with Gasteiger partial charge in [-0.15, -0.1) is 0 Å². The van der Waals surface area contributed by atoms with E-state index in [4.69, 9.17) is 4.74 Å². The number of esters is 1. The van der Waals surface area contributed by atoms with Gasteiger partial charge < -0.3 is 20.3 Å². The van der Waals surface area contributed by atoms with Crippen LogP contribution in [0.5, 0.6) is 0 Å². The van der Waals surface area contributed by atoms with Crippen molar-refractivity contribution in [2.24, 2.45) is 0 Å². The first kappa shape index (κ1) is 18.2. The van der Waals surface area contributed by atoms with Gasteiger partial charge in [0.25, 0.3) is 0 Å². The summed E-state index contributed by atoms with van der Waals surface area (Å²) in [7, 11) is 0. The Hall–Kier alpha value is -2.57. The highest BCUT2D eigenvalue weighted by Gasteiger charge is 2.46. The summed E-state index contributed by atoms with van der Waals surface area (Å²) in [6, 6.07) is 7.75. The third kappa shape index (κ3) is 3.98. The third-order valence-corrected chi connectivity index (χ3v) is 4.98. The van der Waals surface area contributed by atoms with E-state index in [1.54, 1.807) is 24.0 Å². The molecule has 0 unspecified atom stereocenters.